The minimum Gasteiger partial charge on any atom is -0.478 e. The maximum absolute atomic E-state index is 10.4. The van der Waals surface area contributed by atoms with Crippen molar-refractivity contribution < 1.29 is 9.90 Å². The number of carboxylic acids is 1. The van der Waals surface area contributed by atoms with Gasteiger partial charge in [-0.3, -0.25) is 0 Å². The molecule has 4 nitrogen and oxygen atoms in total. The summed E-state index contributed by atoms with van der Waals surface area (Å²) in [6.45, 7) is 6.63. The van der Waals surface area contributed by atoms with E-state index in [4.69, 9.17) is 5.11 Å². The van der Waals surface area contributed by atoms with Crippen molar-refractivity contribution >= 4 is 17.9 Å². The van der Waals surface area contributed by atoms with Gasteiger partial charge in [-0.15, -0.1) is 0 Å². The summed E-state index contributed by atoms with van der Waals surface area (Å²) in [5.74, 6) is 1.42. The van der Waals surface area contributed by atoms with Crippen LogP contribution in [0.3, 0.4) is 0 Å². The standard InChI is InChI=1S/C15H20N2O2/c1-11-7-12(2)10-17(9-11)14-5-3-13(8-16-14)4-6-15(18)19/h3-6,8,11-12H,7,9-10H2,1-2H3,(H,18,19)/b6-4+. The van der Waals surface area contributed by atoms with E-state index in [2.05, 4.69) is 23.7 Å². The van der Waals surface area contributed by atoms with E-state index < -0.39 is 5.97 Å². The molecule has 2 heterocycles. The Bertz CT molecular complexity index is 458. The number of aromatic nitrogens is 1. The summed E-state index contributed by atoms with van der Waals surface area (Å²) >= 11 is 0. The van der Waals surface area contributed by atoms with Crippen molar-refractivity contribution in [1.82, 2.24) is 4.98 Å². The number of hydrogen-bond donors (Lipinski definition) is 1. The lowest BCUT2D eigenvalue weighted by molar-refractivity contribution is -0.131. The molecule has 19 heavy (non-hydrogen) atoms. The van der Waals surface area contributed by atoms with Crippen molar-refractivity contribution in [2.75, 3.05) is 18.0 Å². The van der Waals surface area contributed by atoms with Crippen LogP contribution in [0, 0.1) is 11.8 Å². The zero-order valence-corrected chi connectivity index (χ0v) is 11.4. The Morgan fingerprint density at radius 3 is 2.58 bits per heavy atom. The van der Waals surface area contributed by atoms with Crippen LogP contribution in [0.2, 0.25) is 0 Å². The number of carboxylic acid groups (broad SMARTS) is 1. The molecule has 0 bridgehead atoms. The Labute approximate surface area is 113 Å². The normalized spacial score (nSPS) is 23.8. The fourth-order valence-electron chi connectivity index (χ4n) is 2.70. The highest BCUT2D eigenvalue weighted by Gasteiger charge is 2.22. The molecule has 1 aromatic heterocycles. The summed E-state index contributed by atoms with van der Waals surface area (Å²) in [4.78, 5) is 17.2. The number of hydrogen-bond acceptors (Lipinski definition) is 3. The van der Waals surface area contributed by atoms with Crippen LogP contribution in [0.15, 0.2) is 24.4 Å². The van der Waals surface area contributed by atoms with Gasteiger partial charge in [0.05, 0.1) is 0 Å². The van der Waals surface area contributed by atoms with E-state index in [-0.39, 0.29) is 0 Å². The number of nitrogens with zero attached hydrogens (tertiary/aromatic N) is 2. The lowest BCUT2D eigenvalue weighted by Gasteiger charge is -2.35. The SMILES string of the molecule is CC1CC(C)CN(c2ccc(/C=C/C(=O)O)cn2)C1. The summed E-state index contributed by atoms with van der Waals surface area (Å²) in [7, 11) is 0. The molecule has 0 aromatic carbocycles. The average molecular weight is 260 g/mol. The number of carbonyl (C=O) groups is 1. The number of anilines is 1. The van der Waals surface area contributed by atoms with Crippen LogP contribution in [-0.4, -0.2) is 29.1 Å². The van der Waals surface area contributed by atoms with Crippen molar-refractivity contribution in [2.24, 2.45) is 11.8 Å². The van der Waals surface area contributed by atoms with Gasteiger partial charge in [0.2, 0.25) is 0 Å². The average Bonchev–Trinajstić information content (AvgIpc) is 2.36. The summed E-state index contributed by atoms with van der Waals surface area (Å²) in [5, 5.41) is 8.58. The van der Waals surface area contributed by atoms with Gasteiger partial charge in [0.15, 0.2) is 0 Å². The van der Waals surface area contributed by atoms with E-state index in [0.29, 0.717) is 11.8 Å². The molecule has 1 aromatic rings. The second-order valence-corrected chi connectivity index (χ2v) is 5.47. The molecule has 102 valence electrons. The molecule has 0 amide bonds. The van der Waals surface area contributed by atoms with Crippen molar-refractivity contribution in [3.05, 3.63) is 30.0 Å². The molecule has 1 saturated heterocycles. The second-order valence-electron chi connectivity index (χ2n) is 5.47. The van der Waals surface area contributed by atoms with Crippen molar-refractivity contribution in [1.29, 1.82) is 0 Å². The molecular weight excluding hydrogens is 240 g/mol. The maximum atomic E-state index is 10.4. The molecule has 1 aliphatic rings. The lowest BCUT2D eigenvalue weighted by Crippen LogP contribution is -2.39. The topological polar surface area (TPSA) is 53.4 Å². The summed E-state index contributed by atoms with van der Waals surface area (Å²) in [6, 6.07) is 3.87. The second kappa shape index (κ2) is 5.87. The monoisotopic (exact) mass is 260 g/mol. The molecule has 1 fully saturated rings. The number of aliphatic carboxylic acids is 1. The van der Waals surface area contributed by atoms with Gasteiger partial charge in [0.25, 0.3) is 0 Å². The van der Waals surface area contributed by atoms with E-state index in [1.807, 2.05) is 12.1 Å². The highest BCUT2D eigenvalue weighted by molar-refractivity contribution is 5.85. The Morgan fingerprint density at radius 2 is 2.05 bits per heavy atom. The first-order chi connectivity index (χ1) is 9.04. The third kappa shape index (κ3) is 3.81. The predicted molar refractivity (Wildman–Crippen MR) is 76.1 cm³/mol. The molecule has 2 unspecified atom stereocenters. The molecular formula is C15H20N2O2. The Kier molecular flexibility index (Phi) is 4.20. The van der Waals surface area contributed by atoms with Gasteiger partial charge >= 0.3 is 5.97 Å². The van der Waals surface area contributed by atoms with E-state index in [1.54, 1.807) is 12.3 Å². The Morgan fingerprint density at radius 1 is 1.37 bits per heavy atom. The van der Waals surface area contributed by atoms with Gasteiger partial charge in [-0.05, 0) is 42.0 Å². The summed E-state index contributed by atoms with van der Waals surface area (Å²) in [6.07, 6.45) is 5.68. The molecule has 4 heteroatoms. The molecule has 0 aliphatic carbocycles. The van der Waals surface area contributed by atoms with Gasteiger partial charge in [-0.25, -0.2) is 9.78 Å². The fraction of sp³-hybridized carbons (Fsp3) is 0.467. The Balaban J connectivity index is 2.07. The minimum absolute atomic E-state index is 0.692. The third-order valence-electron chi connectivity index (χ3n) is 3.38. The Hall–Kier alpha value is -1.84. The smallest absolute Gasteiger partial charge is 0.328 e. The fourth-order valence-corrected chi connectivity index (χ4v) is 2.70. The summed E-state index contributed by atoms with van der Waals surface area (Å²) < 4.78 is 0. The van der Waals surface area contributed by atoms with Gasteiger partial charge in [0, 0.05) is 25.4 Å². The number of pyridine rings is 1. The number of rotatable bonds is 3. The molecule has 0 saturated carbocycles. The first-order valence-electron chi connectivity index (χ1n) is 6.66. The molecule has 2 rings (SSSR count). The molecule has 2 atom stereocenters. The van der Waals surface area contributed by atoms with Crippen LogP contribution >= 0.6 is 0 Å². The van der Waals surface area contributed by atoms with E-state index >= 15 is 0 Å². The van der Waals surface area contributed by atoms with Gasteiger partial charge < -0.3 is 10.0 Å². The maximum Gasteiger partial charge on any atom is 0.328 e. The van der Waals surface area contributed by atoms with Gasteiger partial charge in [-0.2, -0.15) is 0 Å². The third-order valence-corrected chi connectivity index (χ3v) is 3.38. The molecule has 1 aliphatic heterocycles. The van der Waals surface area contributed by atoms with Crippen molar-refractivity contribution in [2.45, 2.75) is 20.3 Å². The van der Waals surface area contributed by atoms with Crippen LogP contribution in [0.5, 0.6) is 0 Å². The quantitative estimate of drug-likeness (QED) is 0.849. The number of piperidine rings is 1. The van der Waals surface area contributed by atoms with Crippen LogP contribution in [0.1, 0.15) is 25.8 Å². The first-order valence-corrected chi connectivity index (χ1v) is 6.66. The zero-order chi connectivity index (χ0) is 13.8. The molecule has 1 N–H and O–H groups in total. The van der Waals surface area contributed by atoms with E-state index in [9.17, 15) is 4.79 Å². The van der Waals surface area contributed by atoms with Crippen LogP contribution < -0.4 is 4.90 Å². The van der Waals surface area contributed by atoms with Crippen LogP contribution in [-0.2, 0) is 4.79 Å². The van der Waals surface area contributed by atoms with Crippen molar-refractivity contribution in [3.8, 4) is 0 Å². The first kappa shape index (κ1) is 13.6. The van der Waals surface area contributed by atoms with Crippen LogP contribution in [0.25, 0.3) is 6.08 Å². The van der Waals surface area contributed by atoms with E-state index in [0.717, 1.165) is 30.5 Å². The minimum atomic E-state index is -0.942. The molecule has 0 spiro atoms. The highest BCUT2D eigenvalue weighted by atomic mass is 16.4. The largest absolute Gasteiger partial charge is 0.478 e. The molecule has 0 radical (unpaired) electrons. The zero-order valence-electron chi connectivity index (χ0n) is 11.4. The highest BCUT2D eigenvalue weighted by Crippen LogP contribution is 2.24. The van der Waals surface area contributed by atoms with Gasteiger partial charge in [0.1, 0.15) is 5.82 Å². The van der Waals surface area contributed by atoms with Crippen molar-refractivity contribution in [3.63, 3.8) is 0 Å². The predicted octanol–water partition coefficient (Wildman–Crippen LogP) is 2.66. The van der Waals surface area contributed by atoms with Crippen LogP contribution in [0.4, 0.5) is 5.82 Å². The summed E-state index contributed by atoms with van der Waals surface area (Å²) in [5.41, 5.74) is 0.809. The van der Waals surface area contributed by atoms with E-state index in [1.165, 1.54) is 6.42 Å². The lowest BCUT2D eigenvalue weighted by atomic mass is 9.92. The van der Waals surface area contributed by atoms with Gasteiger partial charge in [-0.1, -0.05) is 13.8 Å².